The van der Waals surface area contributed by atoms with Crippen molar-refractivity contribution in [3.8, 4) is 0 Å². The van der Waals surface area contributed by atoms with Crippen LogP contribution >= 0.6 is 11.8 Å². The number of ether oxygens (including phenoxy) is 1. The van der Waals surface area contributed by atoms with Crippen LogP contribution in [-0.2, 0) is 19.1 Å². The van der Waals surface area contributed by atoms with Gasteiger partial charge >= 0.3 is 5.97 Å². The maximum atomic E-state index is 12.8. The van der Waals surface area contributed by atoms with Gasteiger partial charge < -0.3 is 14.5 Å². The zero-order valence-electron chi connectivity index (χ0n) is 13.9. The first kappa shape index (κ1) is 17.0. The number of carbonyl (C=O) groups is 3. The molecule has 3 heterocycles. The number of furan rings is 1. The number of nitrogens with two attached hydrogens (primary N) is 1. The molecule has 130 valence electrons. The van der Waals surface area contributed by atoms with Crippen molar-refractivity contribution < 1.29 is 28.9 Å². The summed E-state index contributed by atoms with van der Waals surface area (Å²) in [7, 11) is 2.79. The standard InChI is InChI=1S/C16H20N2O5S/c1-18-13(19)10-11(14(18)20)16(6-8-24-3,15(21)22-2)17-12(10)9-5-4-7-23-9/h4-5,7,10-12,17H,6,8H2,1-3H3/p+1/t10-,11+,12-,16+/m0/s1. The van der Waals surface area contributed by atoms with Gasteiger partial charge in [-0.3, -0.25) is 14.5 Å². The monoisotopic (exact) mass is 353 g/mol. The normalized spacial score (nSPS) is 32.3. The van der Waals surface area contributed by atoms with Gasteiger partial charge in [-0.2, -0.15) is 11.8 Å². The summed E-state index contributed by atoms with van der Waals surface area (Å²) >= 11 is 1.59. The zero-order valence-corrected chi connectivity index (χ0v) is 14.7. The van der Waals surface area contributed by atoms with Crippen LogP contribution in [0.15, 0.2) is 22.8 Å². The molecule has 2 aliphatic rings. The molecule has 2 aliphatic heterocycles. The van der Waals surface area contributed by atoms with Crippen molar-refractivity contribution in [3.63, 3.8) is 0 Å². The van der Waals surface area contributed by atoms with E-state index in [0.29, 0.717) is 17.9 Å². The van der Waals surface area contributed by atoms with Gasteiger partial charge in [0, 0.05) is 13.5 Å². The molecule has 4 atom stereocenters. The van der Waals surface area contributed by atoms with E-state index in [2.05, 4.69) is 0 Å². The van der Waals surface area contributed by atoms with Gasteiger partial charge in [-0.15, -0.1) is 0 Å². The van der Waals surface area contributed by atoms with Crippen LogP contribution in [0.4, 0.5) is 0 Å². The average molecular weight is 353 g/mol. The molecule has 3 rings (SSSR count). The van der Waals surface area contributed by atoms with Crippen LogP contribution in [0, 0.1) is 11.8 Å². The van der Waals surface area contributed by atoms with Gasteiger partial charge in [0.1, 0.15) is 11.8 Å². The van der Waals surface area contributed by atoms with Gasteiger partial charge in [-0.05, 0) is 24.1 Å². The third-order valence-electron chi connectivity index (χ3n) is 5.15. The highest BCUT2D eigenvalue weighted by atomic mass is 32.2. The second-order valence-corrected chi connectivity index (χ2v) is 7.21. The fourth-order valence-electron chi connectivity index (χ4n) is 4.00. The van der Waals surface area contributed by atoms with Crippen molar-refractivity contribution in [2.24, 2.45) is 11.8 Å². The molecular weight excluding hydrogens is 332 g/mol. The quantitative estimate of drug-likeness (QED) is 0.582. The number of carbonyl (C=O) groups excluding carboxylic acids is 3. The number of imide groups is 1. The molecular formula is C16H21N2O5S+. The summed E-state index contributed by atoms with van der Waals surface area (Å²) in [5.41, 5.74) is -1.10. The Labute approximate surface area is 144 Å². The van der Waals surface area contributed by atoms with Crippen LogP contribution in [0.25, 0.3) is 0 Å². The van der Waals surface area contributed by atoms with Crippen molar-refractivity contribution in [1.82, 2.24) is 4.90 Å². The van der Waals surface area contributed by atoms with E-state index in [9.17, 15) is 14.4 Å². The number of likely N-dealkylation sites (tertiary alicyclic amines) is 1. The van der Waals surface area contributed by atoms with E-state index in [0.717, 1.165) is 4.90 Å². The third-order valence-corrected chi connectivity index (χ3v) is 5.76. The second kappa shape index (κ2) is 6.25. The largest absolute Gasteiger partial charge is 0.464 e. The van der Waals surface area contributed by atoms with E-state index >= 15 is 0 Å². The topological polar surface area (TPSA) is 93.4 Å². The van der Waals surface area contributed by atoms with Crippen LogP contribution in [-0.4, -0.2) is 54.4 Å². The van der Waals surface area contributed by atoms with E-state index < -0.39 is 29.4 Å². The van der Waals surface area contributed by atoms with Gasteiger partial charge in [0.25, 0.3) is 0 Å². The summed E-state index contributed by atoms with van der Waals surface area (Å²) in [5, 5.41) is 1.81. The number of methoxy groups -OCH3 is 1. The molecule has 2 saturated heterocycles. The molecule has 0 spiro atoms. The molecule has 24 heavy (non-hydrogen) atoms. The molecule has 1 aromatic rings. The molecule has 2 fully saturated rings. The Hall–Kier alpha value is -1.80. The number of hydrogen-bond donors (Lipinski definition) is 1. The Morgan fingerprint density at radius 2 is 2.21 bits per heavy atom. The van der Waals surface area contributed by atoms with E-state index in [-0.39, 0.29) is 11.8 Å². The fraction of sp³-hybridized carbons (Fsp3) is 0.562. The molecule has 0 radical (unpaired) electrons. The molecule has 7 nitrogen and oxygen atoms in total. The van der Waals surface area contributed by atoms with Gasteiger partial charge in [-0.1, -0.05) is 0 Å². The number of quaternary nitrogens is 1. The lowest BCUT2D eigenvalue weighted by atomic mass is 9.78. The third kappa shape index (κ3) is 2.28. The Kier molecular flexibility index (Phi) is 4.44. The molecule has 2 amide bonds. The summed E-state index contributed by atoms with van der Waals surface area (Å²) < 4.78 is 10.5. The minimum Gasteiger partial charge on any atom is -0.464 e. The minimum atomic E-state index is -1.10. The van der Waals surface area contributed by atoms with Gasteiger partial charge in [0.05, 0.1) is 13.4 Å². The summed E-state index contributed by atoms with van der Waals surface area (Å²) in [6.45, 7) is 0. The predicted octanol–water partition coefficient (Wildman–Crippen LogP) is -0.206. The number of fused-ring (bicyclic) bond motifs is 1. The number of thioether (sulfide) groups is 1. The highest BCUT2D eigenvalue weighted by Crippen LogP contribution is 2.45. The summed E-state index contributed by atoms with van der Waals surface area (Å²) in [6.07, 6.45) is 3.92. The number of rotatable bonds is 5. The lowest BCUT2D eigenvalue weighted by Crippen LogP contribution is -2.98. The Morgan fingerprint density at radius 3 is 2.79 bits per heavy atom. The molecule has 1 aromatic heterocycles. The van der Waals surface area contributed by atoms with Gasteiger partial charge in [-0.25, -0.2) is 4.79 Å². The number of hydrogen-bond acceptors (Lipinski definition) is 6. The first-order valence-corrected chi connectivity index (χ1v) is 9.15. The molecule has 0 aromatic carbocycles. The van der Waals surface area contributed by atoms with Crippen LogP contribution in [0.3, 0.4) is 0 Å². The lowest BCUT2D eigenvalue weighted by Gasteiger charge is -2.28. The first-order valence-electron chi connectivity index (χ1n) is 7.76. The van der Waals surface area contributed by atoms with Crippen molar-refractivity contribution in [1.29, 1.82) is 0 Å². The maximum absolute atomic E-state index is 12.8. The summed E-state index contributed by atoms with van der Waals surface area (Å²) in [6, 6.07) is 3.10. The summed E-state index contributed by atoms with van der Waals surface area (Å²) in [5.74, 6) is -1.11. The molecule has 8 heteroatoms. The van der Waals surface area contributed by atoms with Crippen molar-refractivity contribution >= 4 is 29.5 Å². The molecule has 0 unspecified atom stereocenters. The second-order valence-electron chi connectivity index (χ2n) is 6.22. The summed E-state index contributed by atoms with van der Waals surface area (Å²) in [4.78, 5) is 39.2. The molecule has 0 aliphatic carbocycles. The average Bonchev–Trinajstić information content (AvgIpc) is 3.27. The van der Waals surface area contributed by atoms with Crippen LogP contribution in [0.5, 0.6) is 0 Å². The minimum absolute atomic E-state index is 0.266. The van der Waals surface area contributed by atoms with E-state index in [1.54, 1.807) is 23.9 Å². The number of nitrogens with zero attached hydrogens (tertiary/aromatic N) is 1. The van der Waals surface area contributed by atoms with E-state index in [1.807, 2.05) is 11.6 Å². The highest BCUT2D eigenvalue weighted by Gasteiger charge is 2.72. The Bertz CT molecular complexity index is 661. The Balaban J connectivity index is 2.10. The number of amides is 2. The first-order chi connectivity index (χ1) is 11.5. The molecule has 0 bridgehead atoms. The van der Waals surface area contributed by atoms with Crippen molar-refractivity contribution in [2.45, 2.75) is 18.0 Å². The SMILES string of the molecule is COC(=O)[C@]1(CCSC)[NH2+][C@@H](c2ccco2)[C@H]2C(=O)N(C)C(=O)[C@@H]21. The fourth-order valence-corrected chi connectivity index (χ4v) is 4.55. The van der Waals surface area contributed by atoms with Crippen LogP contribution in [0.1, 0.15) is 18.2 Å². The van der Waals surface area contributed by atoms with Crippen LogP contribution in [0.2, 0.25) is 0 Å². The number of esters is 1. The van der Waals surface area contributed by atoms with Crippen molar-refractivity contribution in [2.75, 3.05) is 26.2 Å². The zero-order chi connectivity index (χ0) is 17.5. The molecule has 2 N–H and O–H groups in total. The predicted molar refractivity (Wildman–Crippen MR) is 85.9 cm³/mol. The van der Waals surface area contributed by atoms with E-state index in [4.69, 9.17) is 9.15 Å². The van der Waals surface area contributed by atoms with Gasteiger partial charge in [0.15, 0.2) is 11.8 Å². The maximum Gasteiger partial charge on any atom is 0.368 e. The molecule has 0 saturated carbocycles. The smallest absolute Gasteiger partial charge is 0.368 e. The van der Waals surface area contributed by atoms with Gasteiger partial charge in [0.2, 0.25) is 17.4 Å². The van der Waals surface area contributed by atoms with Crippen molar-refractivity contribution in [3.05, 3.63) is 24.2 Å². The van der Waals surface area contributed by atoms with Crippen LogP contribution < -0.4 is 5.32 Å². The van der Waals surface area contributed by atoms with E-state index in [1.165, 1.54) is 20.4 Å². The lowest BCUT2D eigenvalue weighted by molar-refractivity contribution is -0.736. The highest BCUT2D eigenvalue weighted by molar-refractivity contribution is 7.98. The Morgan fingerprint density at radius 1 is 1.46 bits per heavy atom.